The minimum atomic E-state index is -3.95. The maximum Gasteiger partial charge on any atom is 0.328 e. The third-order valence-electron chi connectivity index (χ3n) is 3.25. The summed E-state index contributed by atoms with van der Waals surface area (Å²) in [6.07, 6.45) is 0. The summed E-state index contributed by atoms with van der Waals surface area (Å²) in [5.74, 6) is 0. The first kappa shape index (κ1) is 17.7. The van der Waals surface area contributed by atoms with Gasteiger partial charge in [-0.2, -0.15) is 0 Å². The first-order chi connectivity index (χ1) is 9.85. The van der Waals surface area contributed by atoms with Gasteiger partial charge in [0.2, 0.25) is 0 Å². The number of carbonyl (C=O) groups excluding carboxylic acids is 1. The van der Waals surface area contributed by atoms with Crippen LogP contribution in [0.5, 0.6) is 0 Å². The predicted octanol–water partition coefficient (Wildman–Crippen LogP) is 0.382. The first-order valence-corrected chi connectivity index (χ1v) is 8.57. The summed E-state index contributed by atoms with van der Waals surface area (Å²) in [4.78, 5) is 12.5. The fourth-order valence-electron chi connectivity index (χ4n) is 1.94. The molecule has 0 heterocycles. The lowest BCUT2D eigenvalue weighted by molar-refractivity contribution is -0.910. The van der Waals surface area contributed by atoms with Crippen molar-refractivity contribution in [2.24, 2.45) is 0 Å². The van der Waals surface area contributed by atoms with Crippen molar-refractivity contribution in [3.63, 3.8) is 0 Å². The topological polar surface area (TPSA) is 79.7 Å². The van der Waals surface area contributed by atoms with E-state index < -0.39 is 16.1 Å². The number of carbonyl (C=O) groups is 1. The fourth-order valence-corrected chi connectivity index (χ4v) is 3.46. The van der Waals surface area contributed by atoms with Gasteiger partial charge in [-0.15, -0.1) is 0 Å². The van der Waals surface area contributed by atoms with E-state index in [2.05, 4.69) is 5.32 Å². The van der Waals surface area contributed by atoms with Crippen LogP contribution in [0.15, 0.2) is 23.1 Å². The van der Waals surface area contributed by atoms with Crippen LogP contribution >= 0.6 is 11.6 Å². The summed E-state index contributed by atoms with van der Waals surface area (Å²) >= 11 is 6.16. The number of hydrogen-bond donors (Lipinski definition) is 3. The molecule has 0 radical (unpaired) electrons. The standard InChI is InChI=1S/C13H20ClN3O3S/c1-4-17(5-2)9-10-11(14)7-6-8-12(10)21(19,20)16-13(18)15-3/h6-8H,4-5,9H2,1-3H3,(H2,15,16,18)/p+1. The Balaban J connectivity index is 3.24. The van der Waals surface area contributed by atoms with Crippen LogP contribution in [-0.2, 0) is 16.6 Å². The highest BCUT2D eigenvalue weighted by molar-refractivity contribution is 7.90. The van der Waals surface area contributed by atoms with Crippen molar-refractivity contribution < 1.29 is 18.1 Å². The molecule has 0 atom stereocenters. The molecule has 6 nitrogen and oxygen atoms in total. The molecule has 1 aromatic carbocycles. The number of hydrogen-bond acceptors (Lipinski definition) is 3. The van der Waals surface area contributed by atoms with E-state index in [9.17, 15) is 13.2 Å². The number of rotatable bonds is 6. The van der Waals surface area contributed by atoms with Gasteiger partial charge in [0.15, 0.2) is 0 Å². The monoisotopic (exact) mass is 334 g/mol. The molecule has 1 rings (SSSR count). The number of amides is 2. The summed E-state index contributed by atoms with van der Waals surface area (Å²) < 4.78 is 26.5. The number of sulfonamides is 1. The minimum Gasteiger partial charge on any atom is -0.340 e. The SMILES string of the molecule is CC[NH+](CC)Cc1c(Cl)cccc1S(=O)(=O)NC(=O)NC. The van der Waals surface area contributed by atoms with Crippen molar-refractivity contribution in [1.29, 1.82) is 0 Å². The van der Waals surface area contributed by atoms with Gasteiger partial charge in [0.25, 0.3) is 10.0 Å². The summed E-state index contributed by atoms with van der Waals surface area (Å²) in [7, 11) is -2.60. The van der Waals surface area contributed by atoms with Crippen molar-refractivity contribution in [2.75, 3.05) is 20.1 Å². The average molecular weight is 335 g/mol. The molecule has 0 aliphatic heterocycles. The van der Waals surface area contributed by atoms with E-state index in [4.69, 9.17) is 11.6 Å². The van der Waals surface area contributed by atoms with E-state index in [1.165, 1.54) is 18.0 Å². The van der Waals surface area contributed by atoms with E-state index in [1.807, 2.05) is 18.6 Å². The van der Waals surface area contributed by atoms with Crippen LogP contribution in [0.4, 0.5) is 4.79 Å². The number of halogens is 1. The molecule has 0 unspecified atom stereocenters. The molecule has 0 spiro atoms. The average Bonchev–Trinajstić information content (AvgIpc) is 2.45. The third-order valence-corrected chi connectivity index (χ3v) is 5.02. The number of benzene rings is 1. The van der Waals surface area contributed by atoms with E-state index in [0.29, 0.717) is 17.1 Å². The second-order valence-electron chi connectivity index (χ2n) is 4.54. The van der Waals surface area contributed by atoms with Crippen molar-refractivity contribution in [3.05, 3.63) is 28.8 Å². The zero-order valence-electron chi connectivity index (χ0n) is 12.4. The summed E-state index contributed by atoms with van der Waals surface area (Å²) in [5.41, 5.74) is 0.522. The Bertz CT molecular complexity index is 601. The molecule has 0 saturated carbocycles. The zero-order chi connectivity index (χ0) is 16.0. The lowest BCUT2D eigenvalue weighted by atomic mass is 10.2. The van der Waals surface area contributed by atoms with Crippen molar-refractivity contribution in [1.82, 2.24) is 10.0 Å². The van der Waals surface area contributed by atoms with Gasteiger partial charge < -0.3 is 10.2 Å². The fraction of sp³-hybridized carbons (Fsp3) is 0.462. The smallest absolute Gasteiger partial charge is 0.328 e. The Morgan fingerprint density at radius 2 is 1.90 bits per heavy atom. The van der Waals surface area contributed by atoms with E-state index >= 15 is 0 Å². The number of quaternary nitrogens is 1. The summed E-state index contributed by atoms with van der Waals surface area (Å²) in [5, 5.41) is 2.60. The zero-order valence-corrected chi connectivity index (χ0v) is 13.9. The second-order valence-corrected chi connectivity index (χ2v) is 6.59. The van der Waals surface area contributed by atoms with Gasteiger partial charge in [-0.3, -0.25) is 0 Å². The van der Waals surface area contributed by atoms with Crippen LogP contribution in [0.25, 0.3) is 0 Å². The molecular weight excluding hydrogens is 314 g/mol. The molecular formula is C13H21ClN3O3S+. The van der Waals surface area contributed by atoms with Gasteiger partial charge in [-0.25, -0.2) is 17.9 Å². The van der Waals surface area contributed by atoms with E-state index in [0.717, 1.165) is 13.1 Å². The lowest BCUT2D eigenvalue weighted by Gasteiger charge is -2.18. The molecule has 3 N–H and O–H groups in total. The first-order valence-electron chi connectivity index (χ1n) is 6.71. The Morgan fingerprint density at radius 1 is 1.29 bits per heavy atom. The van der Waals surface area contributed by atoms with Crippen molar-refractivity contribution >= 4 is 27.7 Å². The highest BCUT2D eigenvalue weighted by atomic mass is 35.5. The summed E-state index contributed by atoms with van der Waals surface area (Å²) in [6.45, 7) is 6.23. The molecule has 1 aromatic rings. The van der Waals surface area contributed by atoms with Crippen LogP contribution in [0.1, 0.15) is 19.4 Å². The van der Waals surface area contributed by atoms with E-state index in [-0.39, 0.29) is 4.90 Å². The predicted molar refractivity (Wildman–Crippen MR) is 82.0 cm³/mol. The molecule has 2 amide bonds. The van der Waals surface area contributed by atoms with Gasteiger partial charge in [-0.05, 0) is 26.0 Å². The van der Waals surface area contributed by atoms with Crippen LogP contribution in [0, 0.1) is 0 Å². The maximum absolute atomic E-state index is 12.3. The maximum atomic E-state index is 12.3. The van der Waals surface area contributed by atoms with Crippen LogP contribution in [0.2, 0.25) is 5.02 Å². The van der Waals surface area contributed by atoms with Gasteiger partial charge in [0.1, 0.15) is 6.54 Å². The Hall–Kier alpha value is -1.31. The van der Waals surface area contributed by atoms with Gasteiger partial charge >= 0.3 is 6.03 Å². The van der Waals surface area contributed by atoms with Crippen molar-refractivity contribution in [3.8, 4) is 0 Å². The molecule has 118 valence electrons. The highest BCUT2D eigenvalue weighted by Gasteiger charge is 2.24. The lowest BCUT2D eigenvalue weighted by Crippen LogP contribution is -3.10. The molecule has 8 heteroatoms. The van der Waals surface area contributed by atoms with Crippen molar-refractivity contribution in [2.45, 2.75) is 25.3 Å². The van der Waals surface area contributed by atoms with Crippen LogP contribution in [-0.4, -0.2) is 34.6 Å². The molecule has 0 bridgehead atoms. The number of urea groups is 1. The largest absolute Gasteiger partial charge is 0.340 e. The molecule has 0 fully saturated rings. The summed E-state index contributed by atoms with van der Waals surface area (Å²) in [6, 6.07) is 3.88. The quantitative estimate of drug-likeness (QED) is 0.704. The Morgan fingerprint density at radius 3 is 2.43 bits per heavy atom. The second kappa shape index (κ2) is 7.63. The minimum absolute atomic E-state index is 0.0398. The Kier molecular flexibility index (Phi) is 6.44. The molecule has 0 saturated heterocycles. The van der Waals surface area contributed by atoms with Gasteiger partial charge in [-0.1, -0.05) is 17.7 Å². The van der Waals surface area contributed by atoms with Crippen LogP contribution in [0.3, 0.4) is 0 Å². The normalized spacial score (nSPS) is 11.5. The number of nitrogens with one attached hydrogen (secondary N) is 3. The highest BCUT2D eigenvalue weighted by Crippen LogP contribution is 2.23. The molecule has 0 aliphatic carbocycles. The van der Waals surface area contributed by atoms with E-state index in [1.54, 1.807) is 12.1 Å². The molecule has 0 aromatic heterocycles. The molecule has 0 aliphatic rings. The molecule has 21 heavy (non-hydrogen) atoms. The van der Waals surface area contributed by atoms with Gasteiger partial charge in [0, 0.05) is 12.6 Å². The Labute approximate surface area is 130 Å². The third kappa shape index (κ3) is 4.59. The van der Waals surface area contributed by atoms with Crippen LogP contribution < -0.4 is 14.9 Å². The van der Waals surface area contributed by atoms with Gasteiger partial charge in [0.05, 0.1) is 23.0 Å².